The first kappa shape index (κ1) is 15.9. The second-order valence-corrected chi connectivity index (χ2v) is 5.50. The molecule has 0 bridgehead atoms. The van der Waals surface area contributed by atoms with Gasteiger partial charge < -0.3 is 9.16 Å². The normalized spacial score (nSPS) is 10.8. The maximum Gasteiger partial charge on any atom is 0.331 e. The molecule has 0 N–H and O–H groups in total. The number of hydrogen-bond donors (Lipinski definition) is 0. The largest absolute Gasteiger partial charge is 0.513 e. The molecule has 0 aliphatic carbocycles. The Labute approximate surface area is 105 Å². The molecule has 0 amide bonds. The zero-order chi connectivity index (χ0) is 13.1. The fraction of sp³-hybridized carbons (Fsp3) is 0.667. The first-order valence-corrected chi connectivity index (χ1v) is 6.86. The summed E-state index contributed by atoms with van der Waals surface area (Å²) in [6, 6.07) is 0. The highest BCUT2D eigenvalue weighted by atomic mass is 28.2. The van der Waals surface area contributed by atoms with Gasteiger partial charge in [-0.05, 0) is 12.0 Å². The molecule has 0 saturated heterocycles. The van der Waals surface area contributed by atoms with Crippen LogP contribution in [0, 0.1) is 0 Å². The van der Waals surface area contributed by atoms with Crippen LogP contribution in [0.4, 0.5) is 0 Å². The van der Waals surface area contributed by atoms with Crippen LogP contribution in [0.15, 0.2) is 12.2 Å². The lowest BCUT2D eigenvalue weighted by atomic mass is 10.3. The molecule has 0 rings (SSSR count). The van der Waals surface area contributed by atoms with Crippen LogP contribution in [-0.4, -0.2) is 28.3 Å². The van der Waals surface area contributed by atoms with E-state index in [4.69, 9.17) is 9.16 Å². The quantitative estimate of drug-likeness (QED) is 0.289. The van der Waals surface area contributed by atoms with Crippen molar-refractivity contribution in [3.05, 3.63) is 12.2 Å². The van der Waals surface area contributed by atoms with Gasteiger partial charge in [-0.2, -0.15) is 0 Å². The van der Waals surface area contributed by atoms with Gasteiger partial charge in [0.2, 0.25) is 0 Å². The van der Waals surface area contributed by atoms with Crippen molar-refractivity contribution in [3.63, 3.8) is 0 Å². The number of carbonyl (C=O) groups is 2. The first-order chi connectivity index (χ1) is 8.06. The third kappa shape index (κ3) is 11.2. The summed E-state index contributed by atoms with van der Waals surface area (Å²) in [5.41, 5.74) is 0.313. The standard InChI is InChI=1S/C12H20O4Si/c1-4-5-6-9-15-11(13)7-8-12(14)16-17-10(2)3/h7-8,10H,4-6,9H2,1-3H3/b8-7+. The van der Waals surface area contributed by atoms with Gasteiger partial charge in [0.25, 0.3) is 0 Å². The number of esters is 1. The molecule has 96 valence electrons. The molecule has 4 nitrogen and oxygen atoms in total. The van der Waals surface area contributed by atoms with Crippen LogP contribution in [0.5, 0.6) is 0 Å². The molecular formula is C12H20O4Si. The van der Waals surface area contributed by atoms with E-state index in [1.807, 2.05) is 13.8 Å². The third-order valence-electron chi connectivity index (χ3n) is 1.74. The van der Waals surface area contributed by atoms with Gasteiger partial charge in [0, 0.05) is 12.2 Å². The van der Waals surface area contributed by atoms with Crippen LogP contribution in [-0.2, 0) is 18.8 Å². The Balaban J connectivity index is 3.67. The van der Waals surface area contributed by atoms with Crippen LogP contribution in [0.2, 0.25) is 5.54 Å². The summed E-state index contributed by atoms with van der Waals surface area (Å²) >= 11 is 0. The Morgan fingerprint density at radius 2 is 1.82 bits per heavy atom. The highest BCUT2D eigenvalue weighted by Gasteiger charge is 2.04. The maximum atomic E-state index is 11.1. The molecule has 0 saturated carbocycles. The lowest BCUT2D eigenvalue weighted by Gasteiger charge is -2.02. The van der Waals surface area contributed by atoms with Gasteiger partial charge in [-0.25, -0.2) is 9.59 Å². The smallest absolute Gasteiger partial charge is 0.331 e. The van der Waals surface area contributed by atoms with E-state index in [-0.39, 0.29) is 9.76 Å². The Morgan fingerprint density at radius 1 is 1.18 bits per heavy atom. The molecule has 0 aromatic heterocycles. The molecule has 0 atom stereocenters. The molecule has 5 heteroatoms. The Kier molecular flexibility index (Phi) is 9.42. The topological polar surface area (TPSA) is 52.6 Å². The summed E-state index contributed by atoms with van der Waals surface area (Å²) in [7, 11) is 0.120. The fourth-order valence-electron chi connectivity index (χ4n) is 0.919. The zero-order valence-corrected chi connectivity index (χ0v) is 11.7. The first-order valence-electron chi connectivity index (χ1n) is 5.87. The Bertz CT molecular complexity index is 261. The predicted octanol–water partition coefficient (Wildman–Crippen LogP) is 2.27. The molecule has 0 spiro atoms. The number of ether oxygens (including phenoxy) is 1. The van der Waals surface area contributed by atoms with Crippen molar-refractivity contribution in [1.29, 1.82) is 0 Å². The van der Waals surface area contributed by atoms with Crippen LogP contribution < -0.4 is 0 Å². The van der Waals surface area contributed by atoms with Crippen LogP contribution in [0.3, 0.4) is 0 Å². The molecule has 2 radical (unpaired) electrons. The second-order valence-electron chi connectivity index (χ2n) is 3.90. The maximum absolute atomic E-state index is 11.1. The van der Waals surface area contributed by atoms with Crippen molar-refractivity contribution in [2.24, 2.45) is 0 Å². The number of hydrogen-bond acceptors (Lipinski definition) is 4. The van der Waals surface area contributed by atoms with E-state index in [9.17, 15) is 9.59 Å². The van der Waals surface area contributed by atoms with Crippen LogP contribution in [0.25, 0.3) is 0 Å². The molecule has 0 fully saturated rings. The minimum atomic E-state index is -0.498. The van der Waals surface area contributed by atoms with Crippen molar-refractivity contribution >= 4 is 21.7 Å². The zero-order valence-electron chi connectivity index (χ0n) is 10.7. The number of rotatable bonds is 8. The summed E-state index contributed by atoms with van der Waals surface area (Å²) in [5, 5.41) is 0. The molecular weight excluding hydrogens is 236 g/mol. The fourth-order valence-corrected chi connectivity index (χ4v) is 1.34. The van der Waals surface area contributed by atoms with Gasteiger partial charge in [0.15, 0.2) is 0 Å². The van der Waals surface area contributed by atoms with Crippen molar-refractivity contribution in [2.45, 2.75) is 45.6 Å². The minimum Gasteiger partial charge on any atom is -0.513 e. The molecule has 0 aliphatic heterocycles. The second kappa shape index (κ2) is 10.1. The van der Waals surface area contributed by atoms with E-state index < -0.39 is 11.9 Å². The van der Waals surface area contributed by atoms with Gasteiger partial charge in [-0.15, -0.1) is 0 Å². The average Bonchev–Trinajstić information content (AvgIpc) is 2.29. The van der Waals surface area contributed by atoms with Crippen LogP contribution in [0.1, 0.15) is 40.0 Å². The van der Waals surface area contributed by atoms with E-state index >= 15 is 0 Å². The van der Waals surface area contributed by atoms with Crippen molar-refractivity contribution < 1.29 is 18.8 Å². The van der Waals surface area contributed by atoms with E-state index in [2.05, 4.69) is 6.92 Å². The molecule has 0 heterocycles. The highest BCUT2D eigenvalue weighted by Crippen LogP contribution is 1.98. The third-order valence-corrected chi connectivity index (χ3v) is 2.53. The molecule has 0 aliphatic rings. The molecule has 0 aromatic carbocycles. The predicted molar refractivity (Wildman–Crippen MR) is 66.6 cm³/mol. The highest BCUT2D eigenvalue weighted by molar-refractivity contribution is 6.32. The summed E-state index contributed by atoms with van der Waals surface area (Å²) in [5.74, 6) is -0.992. The van der Waals surface area contributed by atoms with Gasteiger partial charge in [-0.1, -0.05) is 33.6 Å². The average molecular weight is 256 g/mol. The van der Waals surface area contributed by atoms with Gasteiger partial charge in [0.05, 0.1) is 6.61 Å². The Hall–Kier alpha value is -1.10. The summed E-state index contributed by atoms with van der Waals surface area (Å²) in [6.07, 6.45) is 5.19. The van der Waals surface area contributed by atoms with Crippen molar-refractivity contribution in [3.8, 4) is 0 Å². The molecule has 17 heavy (non-hydrogen) atoms. The number of carbonyl (C=O) groups excluding carboxylic acids is 2. The Morgan fingerprint density at radius 3 is 2.41 bits per heavy atom. The summed E-state index contributed by atoms with van der Waals surface area (Å²) in [6.45, 7) is 6.39. The lowest BCUT2D eigenvalue weighted by molar-refractivity contribution is -0.138. The number of unbranched alkanes of at least 4 members (excludes halogenated alkanes) is 2. The SMILES string of the molecule is CCCCCOC(=O)/C=C/C(=O)O[Si]C(C)C. The molecule has 0 unspecified atom stereocenters. The van der Waals surface area contributed by atoms with E-state index in [0.717, 1.165) is 31.4 Å². The van der Waals surface area contributed by atoms with E-state index in [1.54, 1.807) is 0 Å². The lowest BCUT2D eigenvalue weighted by Crippen LogP contribution is -2.09. The van der Waals surface area contributed by atoms with Crippen molar-refractivity contribution in [1.82, 2.24) is 0 Å². The molecule has 0 aromatic rings. The van der Waals surface area contributed by atoms with Crippen LogP contribution >= 0.6 is 0 Å². The van der Waals surface area contributed by atoms with E-state index in [0.29, 0.717) is 12.1 Å². The summed E-state index contributed by atoms with van der Waals surface area (Å²) < 4.78 is 9.78. The van der Waals surface area contributed by atoms with Gasteiger partial charge in [-0.3, -0.25) is 0 Å². The van der Waals surface area contributed by atoms with Crippen molar-refractivity contribution in [2.75, 3.05) is 6.61 Å². The van der Waals surface area contributed by atoms with Gasteiger partial charge >= 0.3 is 21.7 Å². The van der Waals surface area contributed by atoms with E-state index in [1.165, 1.54) is 0 Å². The van der Waals surface area contributed by atoms with Gasteiger partial charge in [0.1, 0.15) is 0 Å². The monoisotopic (exact) mass is 256 g/mol. The minimum absolute atomic E-state index is 0.120. The summed E-state index contributed by atoms with van der Waals surface area (Å²) in [4.78, 5) is 22.3.